The second-order valence-electron chi connectivity index (χ2n) is 5.23. The molecule has 0 saturated carbocycles. The van der Waals surface area contributed by atoms with Crippen molar-refractivity contribution in [1.82, 2.24) is 4.67 Å². The molecule has 0 heterocycles. The third-order valence-corrected chi connectivity index (χ3v) is 5.99. The molecule has 0 spiro atoms. The highest BCUT2D eigenvalue weighted by atomic mass is 31.2. The van der Waals surface area contributed by atoms with Crippen molar-refractivity contribution in [3.8, 4) is 6.07 Å². The smallest absolute Gasteiger partial charge is 0.304 e. The highest BCUT2D eigenvalue weighted by Gasteiger charge is 2.46. The molecule has 4 N–H and O–H groups in total. The second-order valence-corrected chi connectivity index (χ2v) is 7.56. The first-order valence-electron chi connectivity index (χ1n) is 6.64. The van der Waals surface area contributed by atoms with Gasteiger partial charge in [0, 0.05) is 18.6 Å². The van der Waals surface area contributed by atoms with Crippen molar-refractivity contribution in [2.24, 2.45) is 5.73 Å². The average molecular weight is 307 g/mol. The van der Waals surface area contributed by atoms with E-state index >= 15 is 0 Å². The first-order chi connectivity index (χ1) is 9.11. The van der Waals surface area contributed by atoms with Gasteiger partial charge in [-0.15, -0.1) is 0 Å². The number of aliphatic hydroxyl groups excluding tert-OH is 2. The molecule has 8 heteroatoms. The number of nitrogens with zero attached hydrogens (tertiary/aromatic N) is 2. The summed E-state index contributed by atoms with van der Waals surface area (Å²) in [5.41, 5.74) is 5.32. The van der Waals surface area contributed by atoms with Gasteiger partial charge in [0.2, 0.25) is 0 Å². The maximum Gasteiger partial charge on any atom is 0.304 e. The summed E-state index contributed by atoms with van der Waals surface area (Å²) in [5, 5.41) is 28.8. The Morgan fingerprint density at radius 2 is 1.70 bits per heavy atom. The fourth-order valence-corrected chi connectivity index (χ4v) is 4.93. The normalized spacial score (nSPS) is 19.7. The van der Waals surface area contributed by atoms with E-state index in [-0.39, 0.29) is 18.6 Å². The zero-order valence-electron chi connectivity index (χ0n) is 12.7. The Labute approximate surface area is 120 Å². The zero-order valence-corrected chi connectivity index (χ0v) is 13.6. The summed E-state index contributed by atoms with van der Waals surface area (Å²) in [4.78, 5) is 0. The van der Waals surface area contributed by atoms with Crippen molar-refractivity contribution in [2.75, 3.05) is 6.54 Å². The van der Waals surface area contributed by atoms with Crippen molar-refractivity contribution in [3.05, 3.63) is 0 Å². The van der Waals surface area contributed by atoms with Crippen LogP contribution in [0.3, 0.4) is 0 Å². The van der Waals surface area contributed by atoms with Gasteiger partial charge in [-0.2, -0.15) is 5.26 Å². The van der Waals surface area contributed by atoms with E-state index in [9.17, 15) is 14.8 Å². The van der Waals surface area contributed by atoms with Crippen LogP contribution in [0.4, 0.5) is 0 Å². The standard InChI is InChI=1S/C12H26N3O4P/c1-8(2)15(9(3)4)20(18,19-10(5)6-13)12(17)11(16)7-14/h8-12,16-17H,7,14H2,1-5H3. The molecular formula is C12H26N3O4P. The molecule has 0 bridgehead atoms. The minimum absolute atomic E-state index is 0.202. The molecule has 4 atom stereocenters. The molecule has 0 fully saturated rings. The third kappa shape index (κ3) is 4.52. The van der Waals surface area contributed by atoms with Crippen LogP contribution in [0.1, 0.15) is 34.6 Å². The summed E-state index contributed by atoms with van der Waals surface area (Å²) >= 11 is 0. The van der Waals surface area contributed by atoms with Crippen LogP contribution in [0.2, 0.25) is 0 Å². The van der Waals surface area contributed by atoms with Crippen LogP contribution in [0, 0.1) is 11.3 Å². The van der Waals surface area contributed by atoms with Gasteiger partial charge < -0.3 is 15.9 Å². The Morgan fingerprint density at radius 3 is 2.00 bits per heavy atom. The van der Waals surface area contributed by atoms with Gasteiger partial charge >= 0.3 is 7.52 Å². The second kappa shape index (κ2) is 8.08. The van der Waals surface area contributed by atoms with Crippen molar-refractivity contribution in [3.63, 3.8) is 0 Å². The molecule has 0 aliphatic carbocycles. The number of nitriles is 1. The Morgan fingerprint density at radius 1 is 1.25 bits per heavy atom. The fraction of sp³-hybridized carbons (Fsp3) is 0.917. The molecular weight excluding hydrogens is 281 g/mol. The Hall–Kier alpha value is -0.480. The van der Waals surface area contributed by atoms with E-state index < -0.39 is 25.6 Å². The molecule has 0 amide bonds. The van der Waals surface area contributed by atoms with Gasteiger partial charge in [-0.05, 0) is 34.6 Å². The lowest BCUT2D eigenvalue weighted by molar-refractivity contribution is 0.0474. The van der Waals surface area contributed by atoms with E-state index in [2.05, 4.69) is 0 Å². The summed E-state index contributed by atoms with van der Waals surface area (Å²) in [6, 6.07) is 1.42. The molecule has 0 aromatic rings. The van der Waals surface area contributed by atoms with Gasteiger partial charge in [0.05, 0.1) is 6.07 Å². The van der Waals surface area contributed by atoms with Gasteiger partial charge in [0.25, 0.3) is 0 Å². The van der Waals surface area contributed by atoms with Crippen LogP contribution < -0.4 is 5.73 Å². The average Bonchev–Trinajstić information content (AvgIpc) is 2.35. The van der Waals surface area contributed by atoms with Crippen molar-refractivity contribution in [2.45, 2.75) is 64.8 Å². The molecule has 7 nitrogen and oxygen atoms in total. The first kappa shape index (κ1) is 19.5. The zero-order chi connectivity index (χ0) is 16.1. The number of rotatable bonds is 8. The van der Waals surface area contributed by atoms with Crippen molar-refractivity contribution < 1.29 is 19.3 Å². The van der Waals surface area contributed by atoms with E-state index in [1.54, 1.807) is 27.7 Å². The lowest BCUT2D eigenvalue weighted by Gasteiger charge is -2.40. The number of aliphatic hydroxyl groups is 2. The molecule has 0 aliphatic rings. The maximum absolute atomic E-state index is 13.2. The van der Waals surface area contributed by atoms with Gasteiger partial charge in [-0.1, -0.05) is 0 Å². The van der Waals surface area contributed by atoms with E-state index in [0.29, 0.717) is 0 Å². The quantitative estimate of drug-likeness (QED) is 0.569. The molecule has 4 unspecified atom stereocenters. The summed E-state index contributed by atoms with van der Waals surface area (Å²) in [6.45, 7) is 8.39. The summed E-state index contributed by atoms with van der Waals surface area (Å²) in [7, 11) is -3.84. The van der Waals surface area contributed by atoms with Crippen LogP contribution in [-0.2, 0) is 9.09 Å². The minimum Gasteiger partial charge on any atom is -0.388 e. The van der Waals surface area contributed by atoms with Gasteiger partial charge in [0.15, 0.2) is 5.85 Å². The predicted octanol–water partition coefficient (Wildman–Crippen LogP) is 0.865. The van der Waals surface area contributed by atoms with E-state index in [4.69, 9.17) is 15.5 Å². The monoisotopic (exact) mass is 307 g/mol. The number of hydrogen-bond acceptors (Lipinski definition) is 6. The lowest BCUT2D eigenvalue weighted by Crippen LogP contribution is -2.44. The van der Waals surface area contributed by atoms with Crippen LogP contribution in [0.5, 0.6) is 0 Å². The molecule has 0 rings (SSSR count). The summed E-state index contributed by atoms with van der Waals surface area (Å²) < 4.78 is 20.0. The minimum atomic E-state index is -3.84. The maximum atomic E-state index is 13.2. The van der Waals surface area contributed by atoms with Crippen LogP contribution in [0.25, 0.3) is 0 Å². The predicted molar refractivity (Wildman–Crippen MR) is 76.9 cm³/mol. The first-order valence-corrected chi connectivity index (χ1v) is 8.29. The molecule has 0 aromatic carbocycles. The van der Waals surface area contributed by atoms with Crippen molar-refractivity contribution >= 4 is 7.52 Å². The third-order valence-electron chi connectivity index (χ3n) is 2.79. The largest absolute Gasteiger partial charge is 0.388 e. The highest BCUT2D eigenvalue weighted by Crippen LogP contribution is 2.58. The van der Waals surface area contributed by atoms with E-state index in [0.717, 1.165) is 0 Å². The summed E-state index contributed by atoms with van der Waals surface area (Å²) in [5.74, 6) is -1.66. The molecule has 20 heavy (non-hydrogen) atoms. The van der Waals surface area contributed by atoms with Crippen LogP contribution in [-0.4, -0.2) is 51.6 Å². The lowest BCUT2D eigenvalue weighted by atomic mass is 10.3. The van der Waals surface area contributed by atoms with Gasteiger partial charge in [0.1, 0.15) is 12.2 Å². The highest BCUT2D eigenvalue weighted by molar-refractivity contribution is 7.57. The van der Waals surface area contributed by atoms with E-state index in [1.165, 1.54) is 11.6 Å². The molecule has 118 valence electrons. The van der Waals surface area contributed by atoms with E-state index in [1.807, 2.05) is 6.07 Å². The summed E-state index contributed by atoms with van der Waals surface area (Å²) in [6.07, 6.45) is -2.35. The molecule has 0 aliphatic heterocycles. The Bertz CT molecular complexity index is 375. The molecule has 0 radical (unpaired) electrons. The van der Waals surface area contributed by atoms with Gasteiger partial charge in [-0.25, -0.2) is 4.67 Å². The van der Waals surface area contributed by atoms with Crippen molar-refractivity contribution in [1.29, 1.82) is 5.26 Å². The molecule has 0 aromatic heterocycles. The van der Waals surface area contributed by atoms with Gasteiger partial charge in [-0.3, -0.25) is 9.09 Å². The van der Waals surface area contributed by atoms with Crippen LogP contribution >= 0.6 is 7.52 Å². The topological polar surface area (TPSA) is 120 Å². The fourth-order valence-electron chi connectivity index (χ4n) is 2.08. The SMILES string of the molecule is CC(C#N)OP(=O)(C(O)C(O)CN)N(C(C)C)C(C)C. The Balaban J connectivity index is 5.67. The Kier molecular flexibility index (Phi) is 7.89. The number of nitrogens with two attached hydrogens (primary N) is 1. The van der Waals surface area contributed by atoms with Crippen LogP contribution in [0.15, 0.2) is 0 Å². The number of hydrogen-bond donors (Lipinski definition) is 3. The molecule has 0 saturated heterocycles.